The maximum atomic E-state index is 11.2. The number of anilines is 1. The SMILES string of the molecule is COc1cc(N)c(-c2nc(CS(C)(=O)=O)no2)cc1OC. The highest BCUT2D eigenvalue weighted by atomic mass is 32.2. The topological polar surface area (TPSA) is 118 Å². The number of nitrogen functional groups attached to an aromatic ring is 1. The second-order valence-corrected chi connectivity index (χ2v) is 6.52. The summed E-state index contributed by atoms with van der Waals surface area (Å²) in [5.74, 6) is 0.803. The number of benzene rings is 1. The van der Waals surface area contributed by atoms with Crippen molar-refractivity contribution in [2.45, 2.75) is 5.75 Å². The van der Waals surface area contributed by atoms with Crippen LogP contribution in [0.2, 0.25) is 0 Å². The first-order chi connectivity index (χ1) is 9.84. The van der Waals surface area contributed by atoms with Crippen LogP contribution in [0.25, 0.3) is 11.5 Å². The summed E-state index contributed by atoms with van der Waals surface area (Å²) in [6.07, 6.45) is 1.09. The lowest BCUT2D eigenvalue weighted by Gasteiger charge is -2.10. The fourth-order valence-electron chi connectivity index (χ4n) is 1.74. The van der Waals surface area contributed by atoms with Gasteiger partial charge in [0.1, 0.15) is 5.75 Å². The molecule has 0 aliphatic heterocycles. The minimum atomic E-state index is -3.24. The van der Waals surface area contributed by atoms with Crippen LogP contribution in [0.5, 0.6) is 11.5 Å². The molecule has 0 aliphatic carbocycles. The molecular weight excluding hydrogens is 298 g/mol. The Labute approximate surface area is 121 Å². The summed E-state index contributed by atoms with van der Waals surface area (Å²) in [6, 6.07) is 3.15. The lowest BCUT2D eigenvalue weighted by atomic mass is 10.1. The van der Waals surface area contributed by atoms with Crippen molar-refractivity contribution in [1.82, 2.24) is 10.1 Å². The van der Waals surface area contributed by atoms with E-state index in [0.29, 0.717) is 22.7 Å². The van der Waals surface area contributed by atoms with E-state index in [9.17, 15) is 8.42 Å². The summed E-state index contributed by atoms with van der Waals surface area (Å²) in [5.41, 5.74) is 6.70. The number of sulfone groups is 1. The minimum Gasteiger partial charge on any atom is -0.493 e. The van der Waals surface area contributed by atoms with E-state index in [1.54, 1.807) is 12.1 Å². The van der Waals surface area contributed by atoms with Crippen LogP contribution in [0.1, 0.15) is 5.82 Å². The molecule has 0 atom stereocenters. The second kappa shape index (κ2) is 5.60. The molecule has 2 aromatic rings. The molecule has 0 spiro atoms. The van der Waals surface area contributed by atoms with Gasteiger partial charge in [-0.3, -0.25) is 0 Å². The van der Waals surface area contributed by atoms with E-state index in [0.717, 1.165) is 6.26 Å². The number of aromatic nitrogens is 2. The summed E-state index contributed by atoms with van der Waals surface area (Å²) in [4.78, 5) is 4.02. The Balaban J connectivity index is 2.43. The van der Waals surface area contributed by atoms with Crippen molar-refractivity contribution in [2.24, 2.45) is 0 Å². The number of nitrogens with two attached hydrogens (primary N) is 1. The summed E-state index contributed by atoms with van der Waals surface area (Å²) in [7, 11) is -0.260. The molecule has 0 unspecified atom stereocenters. The van der Waals surface area contributed by atoms with Gasteiger partial charge in [-0.25, -0.2) is 8.42 Å². The largest absolute Gasteiger partial charge is 0.493 e. The van der Waals surface area contributed by atoms with E-state index in [-0.39, 0.29) is 17.5 Å². The Hall–Kier alpha value is -2.29. The second-order valence-electron chi connectivity index (χ2n) is 4.38. The molecule has 21 heavy (non-hydrogen) atoms. The van der Waals surface area contributed by atoms with Gasteiger partial charge in [-0.05, 0) is 6.07 Å². The first-order valence-corrected chi connectivity index (χ1v) is 7.92. The third kappa shape index (κ3) is 3.43. The fourth-order valence-corrected chi connectivity index (χ4v) is 2.32. The molecule has 1 heterocycles. The summed E-state index contributed by atoms with van der Waals surface area (Å²) in [6.45, 7) is 0. The van der Waals surface area contributed by atoms with Crippen LogP contribution in [-0.2, 0) is 15.6 Å². The van der Waals surface area contributed by atoms with Crippen molar-refractivity contribution in [3.63, 3.8) is 0 Å². The van der Waals surface area contributed by atoms with Crippen LogP contribution in [-0.4, -0.2) is 39.0 Å². The maximum Gasteiger partial charge on any atom is 0.260 e. The molecule has 0 aliphatic rings. The van der Waals surface area contributed by atoms with Crippen molar-refractivity contribution in [3.05, 3.63) is 18.0 Å². The van der Waals surface area contributed by atoms with Gasteiger partial charge in [0.15, 0.2) is 27.2 Å². The highest BCUT2D eigenvalue weighted by Crippen LogP contribution is 2.36. The van der Waals surface area contributed by atoms with Crippen molar-refractivity contribution in [1.29, 1.82) is 0 Å². The third-order valence-corrected chi connectivity index (χ3v) is 3.43. The number of ether oxygens (including phenoxy) is 2. The molecule has 1 aromatic heterocycles. The third-order valence-electron chi connectivity index (χ3n) is 2.65. The Bertz CT molecular complexity index is 754. The van der Waals surface area contributed by atoms with Gasteiger partial charge in [0.2, 0.25) is 0 Å². The standard InChI is InChI=1S/C12H15N3O5S/c1-18-9-4-7(8(13)5-10(9)19-2)12-14-11(15-20-12)6-21(3,16)17/h4-5H,6,13H2,1-3H3. The van der Waals surface area contributed by atoms with Crippen LogP contribution in [0, 0.1) is 0 Å². The van der Waals surface area contributed by atoms with E-state index in [2.05, 4.69) is 10.1 Å². The zero-order chi connectivity index (χ0) is 15.6. The van der Waals surface area contributed by atoms with Crippen LogP contribution < -0.4 is 15.2 Å². The molecule has 114 valence electrons. The van der Waals surface area contributed by atoms with E-state index in [1.807, 2.05) is 0 Å². The number of nitrogens with zero attached hydrogens (tertiary/aromatic N) is 2. The number of hydrogen-bond acceptors (Lipinski definition) is 8. The van der Waals surface area contributed by atoms with Crippen LogP contribution in [0.4, 0.5) is 5.69 Å². The van der Waals surface area contributed by atoms with Gasteiger partial charge >= 0.3 is 0 Å². The van der Waals surface area contributed by atoms with Crippen LogP contribution >= 0.6 is 0 Å². The maximum absolute atomic E-state index is 11.2. The molecule has 0 fully saturated rings. The smallest absolute Gasteiger partial charge is 0.260 e. The van der Waals surface area contributed by atoms with Crippen LogP contribution in [0.3, 0.4) is 0 Å². The summed E-state index contributed by atoms with van der Waals surface area (Å²) >= 11 is 0. The van der Waals surface area contributed by atoms with Gasteiger partial charge in [-0.1, -0.05) is 5.16 Å². The lowest BCUT2D eigenvalue weighted by Crippen LogP contribution is -2.02. The Morgan fingerprint density at radius 1 is 1.24 bits per heavy atom. The quantitative estimate of drug-likeness (QED) is 0.808. The molecule has 0 saturated heterocycles. The zero-order valence-corrected chi connectivity index (χ0v) is 12.6. The normalized spacial score (nSPS) is 11.4. The van der Waals surface area contributed by atoms with Gasteiger partial charge in [-0.15, -0.1) is 0 Å². The number of rotatable bonds is 5. The summed E-state index contributed by atoms with van der Waals surface area (Å²) in [5, 5.41) is 3.62. The predicted octanol–water partition coefficient (Wildman–Crippen LogP) is 0.881. The average molecular weight is 313 g/mol. The molecule has 1 aromatic carbocycles. The number of hydrogen-bond donors (Lipinski definition) is 1. The average Bonchev–Trinajstić information content (AvgIpc) is 2.84. The molecule has 0 saturated carbocycles. The monoisotopic (exact) mass is 313 g/mol. The minimum absolute atomic E-state index is 0.0710. The van der Waals surface area contributed by atoms with Gasteiger partial charge in [0.25, 0.3) is 5.89 Å². The van der Waals surface area contributed by atoms with Crippen molar-refractivity contribution < 1.29 is 22.4 Å². The van der Waals surface area contributed by atoms with E-state index >= 15 is 0 Å². The molecular formula is C12H15N3O5S. The molecule has 2 N–H and O–H groups in total. The van der Waals surface area contributed by atoms with E-state index < -0.39 is 9.84 Å². The van der Waals surface area contributed by atoms with Gasteiger partial charge in [0.05, 0.1) is 19.8 Å². The Morgan fingerprint density at radius 3 is 2.43 bits per heavy atom. The van der Waals surface area contributed by atoms with Crippen molar-refractivity contribution in [3.8, 4) is 23.0 Å². The highest BCUT2D eigenvalue weighted by Gasteiger charge is 2.18. The molecule has 0 bridgehead atoms. The van der Waals surface area contributed by atoms with Crippen molar-refractivity contribution >= 4 is 15.5 Å². The highest BCUT2D eigenvalue weighted by molar-refractivity contribution is 7.89. The van der Waals surface area contributed by atoms with E-state index in [4.69, 9.17) is 19.7 Å². The molecule has 0 radical (unpaired) electrons. The zero-order valence-electron chi connectivity index (χ0n) is 11.8. The number of methoxy groups -OCH3 is 2. The Kier molecular flexibility index (Phi) is 4.03. The fraction of sp³-hybridized carbons (Fsp3) is 0.333. The molecule has 8 nitrogen and oxygen atoms in total. The molecule has 2 rings (SSSR count). The van der Waals surface area contributed by atoms with Crippen LogP contribution in [0.15, 0.2) is 16.7 Å². The first kappa shape index (κ1) is 15.1. The first-order valence-electron chi connectivity index (χ1n) is 5.86. The van der Waals surface area contributed by atoms with Crippen molar-refractivity contribution in [2.75, 3.05) is 26.2 Å². The van der Waals surface area contributed by atoms with Gasteiger partial charge in [0, 0.05) is 18.0 Å². The molecule has 9 heteroatoms. The molecule has 0 amide bonds. The summed E-state index contributed by atoms with van der Waals surface area (Å²) < 4.78 is 37.8. The van der Waals surface area contributed by atoms with Gasteiger partial charge < -0.3 is 19.7 Å². The predicted molar refractivity (Wildman–Crippen MR) is 75.8 cm³/mol. The lowest BCUT2D eigenvalue weighted by molar-refractivity contribution is 0.355. The Morgan fingerprint density at radius 2 is 1.86 bits per heavy atom. The van der Waals surface area contributed by atoms with Gasteiger partial charge in [-0.2, -0.15) is 4.98 Å². The van der Waals surface area contributed by atoms with E-state index in [1.165, 1.54) is 14.2 Å².